The first-order valence-electron chi connectivity index (χ1n) is 8.53. The number of nitrogens with one attached hydrogen (secondary N) is 1. The summed E-state index contributed by atoms with van der Waals surface area (Å²) >= 11 is 0. The number of aromatic hydroxyl groups is 1. The van der Waals surface area contributed by atoms with Gasteiger partial charge in [0.2, 0.25) is 17.7 Å². The molecule has 2 bridgehead atoms. The smallest absolute Gasteiger partial charge is 0.233 e. The number of fused-ring (bicyclic) bond motifs is 1. The number of aromatic nitrogens is 1. The van der Waals surface area contributed by atoms with E-state index in [-0.39, 0.29) is 60.0 Å². The van der Waals surface area contributed by atoms with Crippen LogP contribution in [0.4, 0.5) is 5.82 Å². The highest BCUT2D eigenvalue weighted by Gasteiger charge is 2.56. The summed E-state index contributed by atoms with van der Waals surface area (Å²) < 4.78 is 0. The van der Waals surface area contributed by atoms with E-state index in [0.29, 0.717) is 0 Å². The number of hydrogen-bond donors (Lipinski definition) is 2. The fraction of sp³-hybridized carbons (Fsp3) is 0.444. The van der Waals surface area contributed by atoms with E-state index < -0.39 is 5.91 Å². The standard InChI is InChI=1S/C18H19N3O4/c22-12-2-1-8-19-16(12)20-13(23)7-9-21-17(24)14-10-3-4-11(6-5-10)15(14)18(21)25/h1-4,8,10-11,14-15,22H,5-7,9H2,(H,19,20,23)/t10-,11-,14-,15+/m0/s1. The third-order valence-electron chi connectivity index (χ3n) is 5.46. The zero-order chi connectivity index (χ0) is 17.6. The number of pyridine rings is 1. The lowest BCUT2D eigenvalue weighted by molar-refractivity contribution is -0.140. The topological polar surface area (TPSA) is 99.6 Å². The van der Waals surface area contributed by atoms with Crippen LogP contribution >= 0.6 is 0 Å². The van der Waals surface area contributed by atoms with Gasteiger partial charge in [-0.05, 0) is 36.8 Å². The molecule has 2 heterocycles. The van der Waals surface area contributed by atoms with Gasteiger partial charge in [0.25, 0.3) is 0 Å². The minimum atomic E-state index is -0.398. The maximum Gasteiger partial charge on any atom is 0.233 e. The van der Waals surface area contributed by atoms with Gasteiger partial charge in [-0.3, -0.25) is 19.3 Å². The maximum absolute atomic E-state index is 12.7. The Labute approximate surface area is 144 Å². The van der Waals surface area contributed by atoms with Gasteiger partial charge < -0.3 is 10.4 Å². The molecule has 130 valence electrons. The van der Waals surface area contributed by atoms with E-state index in [2.05, 4.69) is 22.5 Å². The molecule has 1 aromatic heterocycles. The molecule has 3 amide bonds. The van der Waals surface area contributed by atoms with Gasteiger partial charge in [-0.15, -0.1) is 0 Å². The van der Waals surface area contributed by atoms with Crippen LogP contribution in [0.5, 0.6) is 5.75 Å². The molecule has 4 atom stereocenters. The van der Waals surface area contributed by atoms with Crippen molar-refractivity contribution in [3.63, 3.8) is 0 Å². The summed E-state index contributed by atoms with van der Waals surface area (Å²) in [5.41, 5.74) is 0. The molecule has 7 nitrogen and oxygen atoms in total. The highest BCUT2D eigenvalue weighted by Crippen LogP contribution is 2.49. The molecule has 0 spiro atoms. The highest BCUT2D eigenvalue weighted by molar-refractivity contribution is 6.06. The lowest BCUT2D eigenvalue weighted by Gasteiger charge is -2.38. The van der Waals surface area contributed by atoms with Crippen molar-refractivity contribution < 1.29 is 19.5 Å². The molecule has 4 aliphatic rings. The average molecular weight is 341 g/mol. The van der Waals surface area contributed by atoms with Crippen molar-refractivity contribution >= 4 is 23.5 Å². The van der Waals surface area contributed by atoms with E-state index >= 15 is 0 Å². The van der Waals surface area contributed by atoms with Crippen molar-refractivity contribution in [2.75, 3.05) is 11.9 Å². The van der Waals surface area contributed by atoms with Crippen molar-refractivity contribution in [2.45, 2.75) is 19.3 Å². The van der Waals surface area contributed by atoms with Crippen LogP contribution in [0.25, 0.3) is 0 Å². The quantitative estimate of drug-likeness (QED) is 0.635. The third kappa shape index (κ3) is 2.59. The Kier molecular flexibility index (Phi) is 3.78. The summed E-state index contributed by atoms with van der Waals surface area (Å²) in [6.07, 6.45) is 7.48. The number of allylic oxidation sites excluding steroid dienone is 2. The summed E-state index contributed by atoms with van der Waals surface area (Å²) in [4.78, 5) is 42.5. The summed E-state index contributed by atoms with van der Waals surface area (Å²) in [7, 11) is 0. The molecular weight excluding hydrogens is 322 g/mol. The predicted molar refractivity (Wildman–Crippen MR) is 88.2 cm³/mol. The van der Waals surface area contributed by atoms with Crippen LogP contribution in [-0.2, 0) is 14.4 Å². The summed E-state index contributed by atoms with van der Waals surface area (Å²) in [5.74, 6) is -0.958. The van der Waals surface area contributed by atoms with Crippen LogP contribution in [0.3, 0.4) is 0 Å². The van der Waals surface area contributed by atoms with Gasteiger partial charge in [0.1, 0.15) is 0 Å². The van der Waals surface area contributed by atoms with Crippen molar-refractivity contribution in [2.24, 2.45) is 23.7 Å². The minimum absolute atomic E-state index is 0.0182. The number of amides is 3. The normalized spacial score (nSPS) is 29.8. The lowest BCUT2D eigenvalue weighted by atomic mass is 9.63. The van der Waals surface area contributed by atoms with Gasteiger partial charge in [-0.2, -0.15) is 0 Å². The molecule has 1 aromatic rings. The molecule has 0 aromatic carbocycles. The number of carbonyl (C=O) groups excluding carboxylic acids is 3. The lowest BCUT2D eigenvalue weighted by Crippen LogP contribution is -2.38. The van der Waals surface area contributed by atoms with E-state index in [9.17, 15) is 19.5 Å². The van der Waals surface area contributed by atoms with Crippen LogP contribution < -0.4 is 5.32 Å². The molecule has 3 aliphatic carbocycles. The zero-order valence-corrected chi connectivity index (χ0v) is 13.6. The second-order valence-electron chi connectivity index (χ2n) is 6.84. The Balaban J connectivity index is 1.40. The molecule has 2 fully saturated rings. The highest BCUT2D eigenvalue weighted by atomic mass is 16.3. The summed E-state index contributed by atoms with van der Waals surface area (Å²) in [6, 6.07) is 2.97. The van der Waals surface area contributed by atoms with Crippen LogP contribution in [0.1, 0.15) is 19.3 Å². The Bertz CT molecular complexity index is 743. The van der Waals surface area contributed by atoms with E-state index in [0.717, 1.165) is 12.8 Å². The Morgan fingerprint density at radius 3 is 2.40 bits per heavy atom. The van der Waals surface area contributed by atoms with Crippen LogP contribution in [-0.4, -0.2) is 39.3 Å². The Morgan fingerprint density at radius 2 is 1.84 bits per heavy atom. The fourth-order valence-electron chi connectivity index (χ4n) is 4.26. The number of imide groups is 1. The maximum atomic E-state index is 12.7. The Hall–Kier alpha value is -2.70. The minimum Gasteiger partial charge on any atom is -0.504 e. The Morgan fingerprint density at radius 1 is 1.20 bits per heavy atom. The molecule has 1 saturated heterocycles. The number of nitrogens with zero attached hydrogens (tertiary/aromatic N) is 2. The molecule has 1 saturated carbocycles. The molecule has 7 heteroatoms. The van der Waals surface area contributed by atoms with Gasteiger partial charge >= 0.3 is 0 Å². The number of hydrogen-bond acceptors (Lipinski definition) is 5. The molecule has 1 aliphatic heterocycles. The van der Waals surface area contributed by atoms with E-state index in [1.54, 1.807) is 6.07 Å². The van der Waals surface area contributed by atoms with E-state index in [4.69, 9.17) is 0 Å². The first-order chi connectivity index (χ1) is 12.1. The van der Waals surface area contributed by atoms with Crippen LogP contribution in [0, 0.1) is 23.7 Å². The average Bonchev–Trinajstić information content (AvgIpc) is 2.89. The molecule has 2 N–H and O–H groups in total. The van der Waals surface area contributed by atoms with Crippen molar-refractivity contribution in [3.05, 3.63) is 30.5 Å². The fourth-order valence-corrected chi connectivity index (χ4v) is 4.26. The van der Waals surface area contributed by atoms with Crippen molar-refractivity contribution in [3.8, 4) is 5.75 Å². The van der Waals surface area contributed by atoms with Crippen molar-refractivity contribution in [1.82, 2.24) is 9.88 Å². The third-order valence-corrected chi connectivity index (χ3v) is 5.46. The number of rotatable bonds is 4. The molecule has 25 heavy (non-hydrogen) atoms. The molecular formula is C18H19N3O4. The molecule has 0 radical (unpaired) electrons. The summed E-state index contributed by atoms with van der Waals surface area (Å²) in [6.45, 7) is 0.0591. The number of carbonyl (C=O) groups is 3. The second-order valence-corrected chi connectivity index (χ2v) is 6.84. The van der Waals surface area contributed by atoms with Gasteiger partial charge in [-0.1, -0.05) is 12.2 Å². The number of anilines is 1. The SMILES string of the molecule is O=C(CCN1C(=O)[C@@H]2[C@H](C1=O)[C@H]1C=C[C@H]2CC1)Nc1ncccc1O. The van der Waals surface area contributed by atoms with Gasteiger partial charge in [0, 0.05) is 19.2 Å². The largest absolute Gasteiger partial charge is 0.504 e. The molecule has 5 rings (SSSR count). The second kappa shape index (κ2) is 5.98. The first-order valence-corrected chi connectivity index (χ1v) is 8.53. The predicted octanol–water partition coefficient (Wildman–Crippen LogP) is 1.31. The first kappa shape index (κ1) is 15.8. The van der Waals surface area contributed by atoms with Gasteiger partial charge in [-0.25, -0.2) is 4.98 Å². The van der Waals surface area contributed by atoms with E-state index in [1.807, 2.05) is 0 Å². The van der Waals surface area contributed by atoms with E-state index in [1.165, 1.54) is 17.2 Å². The van der Waals surface area contributed by atoms with Crippen molar-refractivity contribution in [1.29, 1.82) is 0 Å². The van der Waals surface area contributed by atoms with Gasteiger partial charge in [0.05, 0.1) is 11.8 Å². The monoisotopic (exact) mass is 341 g/mol. The zero-order valence-electron chi connectivity index (χ0n) is 13.6. The molecule has 0 unspecified atom stereocenters. The van der Waals surface area contributed by atoms with Gasteiger partial charge in [0.15, 0.2) is 11.6 Å². The summed E-state index contributed by atoms with van der Waals surface area (Å²) in [5, 5.41) is 12.1. The van der Waals surface area contributed by atoms with Crippen LogP contribution in [0.15, 0.2) is 30.5 Å². The number of likely N-dealkylation sites (tertiary alicyclic amines) is 1. The van der Waals surface area contributed by atoms with Crippen LogP contribution in [0.2, 0.25) is 0 Å².